The zero-order valence-corrected chi connectivity index (χ0v) is 11.3. The van der Waals surface area contributed by atoms with Crippen LogP contribution < -0.4 is 11.4 Å². The summed E-state index contributed by atoms with van der Waals surface area (Å²) < 4.78 is 1.44. The first kappa shape index (κ1) is 13.0. The summed E-state index contributed by atoms with van der Waals surface area (Å²) in [4.78, 5) is 34.2. The van der Waals surface area contributed by atoms with Gasteiger partial charge in [-0.3, -0.25) is 9.36 Å². The number of ketones is 1. The number of fused-ring (bicyclic) bond motifs is 1. The first-order valence-electron chi connectivity index (χ1n) is 6.37. The van der Waals surface area contributed by atoms with Crippen molar-refractivity contribution in [1.82, 2.24) is 19.5 Å². The molecule has 7 heteroatoms. The van der Waals surface area contributed by atoms with Gasteiger partial charge < -0.3 is 10.7 Å². The van der Waals surface area contributed by atoms with Crippen molar-refractivity contribution in [2.75, 3.05) is 5.73 Å². The second kappa shape index (κ2) is 4.86. The second-order valence-electron chi connectivity index (χ2n) is 4.69. The molecule has 0 amide bonds. The molecule has 0 unspecified atom stereocenters. The van der Waals surface area contributed by atoms with E-state index in [1.807, 2.05) is 30.3 Å². The zero-order valence-electron chi connectivity index (χ0n) is 11.3. The Kier molecular flexibility index (Phi) is 3.02. The molecule has 0 atom stereocenters. The fourth-order valence-corrected chi connectivity index (χ4v) is 2.12. The van der Waals surface area contributed by atoms with Crippen molar-refractivity contribution in [3.63, 3.8) is 0 Å². The van der Waals surface area contributed by atoms with E-state index in [1.54, 1.807) is 0 Å². The molecule has 0 aliphatic rings. The van der Waals surface area contributed by atoms with Crippen LogP contribution in [-0.2, 0) is 6.54 Å². The van der Waals surface area contributed by atoms with Crippen LogP contribution in [0.2, 0.25) is 0 Å². The van der Waals surface area contributed by atoms with Gasteiger partial charge in [-0.1, -0.05) is 30.3 Å². The average molecular weight is 283 g/mol. The number of aromatic nitrogens is 4. The van der Waals surface area contributed by atoms with Crippen molar-refractivity contribution in [3.8, 4) is 0 Å². The van der Waals surface area contributed by atoms with Crippen molar-refractivity contribution < 1.29 is 4.79 Å². The number of nitrogens with zero attached hydrogens (tertiary/aromatic N) is 3. The Morgan fingerprint density at radius 1 is 1.29 bits per heavy atom. The van der Waals surface area contributed by atoms with Crippen LogP contribution in [0.3, 0.4) is 0 Å². The molecule has 0 radical (unpaired) electrons. The van der Waals surface area contributed by atoms with Gasteiger partial charge in [0.05, 0.1) is 6.54 Å². The van der Waals surface area contributed by atoms with Crippen LogP contribution in [0.1, 0.15) is 23.1 Å². The highest BCUT2D eigenvalue weighted by Crippen LogP contribution is 2.15. The molecule has 0 saturated heterocycles. The monoisotopic (exact) mass is 283 g/mol. The summed E-state index contributed by atoms with van der Waals surface area (Å²) in [5, 5.41) is 0. The number of imidazole rings is 1. The number of rotatable bonds is 3. The minimum absolute atomic E-state index is 0.000752. The number of benzene rings is 1. The lowest BCUT2D eigenvalue weighted by Crippen LogP contribution is -2.18. The third-order valence-electron chi connectivity index (χ3n) is 3.15. The number of carbonyl (C=O) groups is 1. The van der Waals surface area contributed by atoms with Crippen molar-refractivity contribution in [2.24, 2.45) is 0 Å². The van der Waals surface area contributed by atoms with E-state index in [4.69, 9.17) is 5.73 Å². The number of anilines is 1. The van der Waals surface area contributed by atoms with E-state index in [0.717, 1.165) is 5.56 Å². The van der Waals surface area contributed by atoms with Gasteiger partial charge in [-0.25, -0.2) is 14.8 Å². The molecule has 3 aromatic rings. The van der Waals surface area contributed by atoms with Crippen LogP contribution in [0.5, 0.6) is 0 Å². The number of hydrogen-bond acceptors (Lipinski definition) is 5. The van der Waals surface area contributed by atoms with E-state index in [-0.39, 0.29) is 23.1 Å². The van der Waals surface area contributed by atoms with Crippen LogP contribution in [0, 0.1) is 0 Å². The SMILES string of the molecule is CC(=O)c1nc(N)c2[nH]c(=O)n(Cc3ccccc3)c2n1. The normalized spacial score (nSPS) is 10.9. The maximum Gasteiger partial charge on any atom is 0.328 e. The van der Waals surface area contributed by atoms with Crippen LogP contribution in [0.25, 0.3) is 11.2 Å². The van der Waals surface area contributed by atoms with Gasteiger partial charge in [-0.15, -0.1) is 0 Å². The predicted octanol–water partition coefficient (Wildman–Crippen LogP) is 0.953. The van der Waals surface area contributed by atoms with Crippen LogP contribution in [-0.4, -0.2) is 25.3 Å². The predicted molar refractivity (Wildman–Crippen MR) is 78.1 cm³/mol. The highest BCUT2D eigenvalue weighted by Gasteiger charge is 2.15. The molecule has 106 valence electrons. The summed E-state index contributed by atoms with van der Waals surface area (Å²) in [7, 11) is 0. The highest BCUT2D eigenvalue weighted by molar-refractivity contribution is 5.93. The Balaban J connectivity index is 2.20. The molecule has 21 heavy (non-hydrogen) atoms. The number of hydrogen-bond donors (Lipinski definition) is 2. The first-order chi connectivity index (χ1) is 10.1. The number of H-pyrrole nitrogens is 1. The van der Waals surface area contributed by atoms with Gasteiger partial charge in [0.2, 0.25) is 0 Å². The summed E-state index contributed by atoms with van der Waals surface area (Å²) in [5.74, 6) is -0.210. The maximum atomic E-state index is 12.1. The van der Waals surface area contributed by atoms with Gasteiger partial charge in [0.15, 0.2) is 23.1 Å². The number of nitrogen functional groups attached to an aromatic ring is 1. The standard InChI is InChI=1S/C14H13N5O2/c1-8(20)12-17-11(15)10-13(18-12)19(14(21)16-10)7-9-5-3-2-4-6-9/h2-6H,7H2,1H3,(H,16,21)(H2,15,17,18). The van der Waals surface area contributed by atoms with Crippen molar-refractivity contribution in [2.45, 2.75) is 13.5 Å². The Morgan fingerprint density at radius 2 is 2.00 bits per heavy atom. The molecule has 2 heterocycles. The summed E-state index contributed by atoms with van der Waals surface area (Å²) in [5.41, 5.74) is 7.08. The average Bonchev–Trinajstić information content (AvgIpc) is 2.77. The molecule has 0 aliphatic heterocycles. The summed E-state index contributed by atoms with van der Waals surface area (Å²) in [6.45, 7) is 1.69. The molecule has 0 aliphatic carbocycles. The molecular weight excluding hydrogens is 270 g/mol. The Morgan fingerprint density at radius 3 is 2.67 bits per heavy atom. The lowest BCUT2D eigenvalue weighted by molar-refractivity contribution is 0.100. The number of carbonyl (C=O) groups excluding carboxylic acids is 1. The lowest BCUT2D eigenvalue weighted by Gasteiger charge is -2.04. The van der Waals surface area contributed by atoms with Crippen LogP contribution in [0.4, 0.5) is 5.82 Å². The van der Waals surface area contributed by atoms with Gasteiger partial charge in [0, 0.05) is 6.92 Å². The molecule has 0 fully saturated rings. The molecule has 3 N–H and O–H groups in total. The molecule has 0 bridgehead atoms. The van der Waals surface area contributed by atoms with Gasteiger partial charge >= 0.3 is 5.69 Å². The van der Waals surface area contributed by atoms with Gasteiger partial charge in [0.1, 0.15) is 5.52 Å². The molecule has 3 rings (SSSR count). The fraction of sp³-hybridized carbons (Fsp3) is 0.143. The van der Waals surface area contributed by atoms with E-state index in [1.165, 1.54) is 11.5 Å². The van der Waals surface area contributed by atoms with E-state index < -0.39 is 0 Å². The highest BCUT2D eigenvalue weighted by atomic mass is 16.1. The molecule has 7 nitrogen and oxygen atoms in total. The van der Waals surface area contributed by atoms with Gasteiger partial charge in [0.25, 0.3) is 0 Å². The maximum absolute atomic E-state index is 12.1. The molecule has 1 aromatic carbocycles. The molecular formula is C14H13N5O2. The molecule has 0 spiro atoms. The van der Waals surface area contributed by atoms with Crippen LogP contribution >= 0.6 is 0 Å². The third-order valence-corrected chi connectivity index (χ3v) is 3.15. The van der Waals surface area contributed by atoms with Crippen LogP contribution in [0.15, 0.2) is 35.1 Å². The van der Waals surface area contributed by atoms with Crippen molar-refractivity contribution in [3.05, 3.63) is 52.2 Å². The Bertz CT molecular complexity index is 880. The smallest absolute Gasteiger partial charge is 0.328 e. The van der Waals surface area contributed by atoms with Gasteiger partial charge in [-0.2, -0.15) is 0 Å². The number of Topliss-reactive ketones (excluding diaryl/α,β-unsaturated/α-hetero) is 1. The number of nitrogens with two attached hydrogens (primary N) is 1. The molecule has 0 saturated carbocycles. The minimum atomic E-state index is -0.337. The number of nitrogens with one attached hydrogen (secondary N) is 1. The fourth-order valence-electron chi connectivity index (χ4n) is 2.12. The Hall–Kier alpha value is -2.96. The first-order valence-corrected chi connectivity index (χ1v) is 6.37. The van der Waals surface area contributed by atoms with Crippen molar-refractivity contribution in [1.29, 1.82) is 0 Å². The van der Waals surface area contributed by atoms with Crippen molar-refractivity contribution >= 4 is 22.8 Å². The Labute approximate surface area is 119 Å². The quantitative estimate of drug-likeness (QED) is 0.696. The summed E-state index contributed by atoms with van der Waals surface area (Å²) in [6, 6.07) is 9.48. The molecule has 2 aromatic heterocycles. The second-order valence-corrected chi connectivity index (χ2v) is 4.69. The summed E-state index contributed by atoms with van der Waals surface area (Å²) in [6.07, 6.45) is 0. The van der Waals surface area contributed by atoms with E-state index in [2.05, 4.69) is 15.0 Å². The largest absolute Gasteiger partial charge is 0.382 e. The lowest BCUT2D eigenvalue weighted by atomic mass is 10.2. The van der Waals surface area contributed by atoms with E-state index in [0.29, 0.717) is 17.7 Å². The zero-order chi connectivity index (χ0) is 15.0. The minimum Gasteiger partial charge on any atom is -0.382 e. The topological polar surface area (TPSA) is 107 Å². The summed E-state index contributed by atoms with van der Waals surface area (Å²) >= 11 is 0. The number of aromatic amines is 1. The third kappa shape index (κ3) is 2.29. The van der Waals surface area contributed by atoms with E-state index >= 15 is 0 Å². The van der Waals surface area contributed by atoms with E-state index in [9.17, 15) is 9.59 Å². The van der Waals surface area contributed by atoms with Gasteiger partial charge in [-0.05, 0) is 5.56 Å².